The SMILES string of the molecule is COc1cc([C@H]2SCC(=O)N2c2ccc(Cl)cc2)ccc1OCc1ccc(C)cc1. The van der Waals surface area contributed by atoms with Gasteiger partial charge < -0.3 is 9.47 Å². The normalized spacial score (nSPS) is 16.0. The fourth-order valence-corrected chi connectivity index (χ4v) is 4.65. The molecule has 0 spiro atoms. The molecule has 1 atom stereocenters. The van der Waals surface area contributed by atoms with Crippen LogP contribution in [-0.2, 0) is 11.4 Å². The molecule has 3 aromatic carbocycles. The lowest BCUT2D eigenvalue weighted by molar-refractivity contribution is -0.115. The van der Waals surface area contributed by atoms with Gasteiger partial charge in [-0.3, -0.25) is 9.69 Å². The molecule has 0 saturated carbocycles. The maximum Gasteiger partial charge on any atom is 0.238 e. The van der Waals surface area contributed by atoms with E-state index >= 15 is 0 Å². The predicted octanol–water partition coefficient (Wildman–Crippen LogP) is 6.01. The van der Waals surface area contributed by atoms with Crippen molar-refractivity contribution >= 4 is 35.0 Å². The van der Waals surface area contributed by atoms with Crippen LogP contribution in [0.5, 0.6) is 11.5 Å². The van der Waals surface area contributed by atoms with Crippen molar-refractivity contribution in [3.63, 3.8) is 0 Å². The molecule has 1 saturated heterocycles. The third-order valence-electron chi connectivity index (χ3n) is 4.96. The number of amides is 1. The molecule has 0 N–H and O–H groups in total. The molecule has 1 aliphatic heterocycles. The fraction of sp³-hybridized carbons (Fsp3) is 0.208. The number of anilines is 1. The summed E-state index contributed by atoms with van der Waals surface area (Å²) in [5.74, 6) is 1.83. The number of thioether (sulfide) groups is 1. The highest BCUT2D eigenvalue weighted by Crippen LogP contribution is 2.44. The van der Waals surface area contributed by atoms with Gasteiger partial charge in [-0.05, 0) is 54.4 Å². The van der Waals surface area contributed by atoms with Crippen molar-refractivity contribution in [2.75, 3.05) is 17.8 Å². The molecule has 1 fully saturated rings. The van der Waals surface area contributed by atoms with Crippen LogP contribution in [-0.4, -0.2) is 18.8 Å². The maximum atomic E-state index is 12.6. The number of halogens is 1. The van der Waals surface area contributed by atoms with E-state index in [0.29, 0.717) is 28.9 Å². The number of ether oxygens (including phenoxy) is 2. The molecule has 1 amide bonds. The third kappa shape index (κ3) is 4.42. The van der Waals surface area contributed by atoms with Crippen molar-refractivity contribution in [1.82, 2.24) is 0 Å². The van der Waals surface area contributed by atoms with Crippen molar-refractivity contribution in [3.8, 4) is 11.5 Å². The second-order valence-electron chi connectivity index (χ2n) is 7.09. The van der Waals surface area contributed by atoms with Gasteiger partial charge in [-0.15, -0.1) is 11.8 Å². The highest BCUT2D eigenvalue weighted by Gasteiger charge is 2.34. The van der Waals surface area contributed by atoms with Crippen LogP contribution in [0.2, 0.25) is 5.02 Å². The summed E-state index contributed by atoms with van der Waals surface area (Å²) in [4.78, 5) is 14.4. The largest absolute Gasteiger partial charge is 0.493 e. The Bertz CT molecular complexity index is 1040. The molecular weight excluding hydrogens is 418 g/mol. The van der Waals surface area contributed by atoms with E-state index in [2.05, 4.69) is 31.2 Å². The van der Waals surface area contributed by atoms with Crippen molar-refractivity contribution in [2.45, 2.75) is 18.9 Å². The average molecular weight is 440 g/mol. The number of nitrogens with zero attached hydrogens (tertiary/aromatic N) is 1. The molecule has 6 heteroatoms. The highest BCUT2D eigenvalue weighted by atomic mass is 35.5. The van der Waals surface area contributed by atoms with E-state index in [1.54, 1.807) is 31.0 Å². The van der Waals surface area contributed by atoms with Crippen LogP contribution in [0.15, 0.2) is 66.7 Å². The van der Waals surface area contributed by atoms with Gasteiger partial charge in [0.1, 0.15) is 12.0 Å². The number of carbonyl (C=O) groups is 1. The van der Waals surface area contributed by atoms with Crippen LogP contribution in [0.1, 0.15) is 22.1 Å². The monoisotopic (exact) mass is 439 g/mol. The van der Waals surface area contributed by atoms with E-state index in [4.69, 9.17) is 21.1 Å². The molecular formula is C24H22ClNO3S. The first-order chi connectivity index (χ1) is 14.5. The van der Waals surface area contributed by atoms with Crippen molar-refractivity contribution in [2.24, 2.45) is 0 Å². The molecule has 0 aliphatic carbocycles. The van der Waals surface area contributed by atoms with E-state index < -0.39 is 0 Å². The predicted molar refractivity (Wildman–Crippen MR) is 123 cm³/mol. The highest BCUT2D eigenvalue weighted by molar-refractivity contribution is 8.00. The lowest BCUT2D eigenvalue weighted by Gasteiger charge is -2.25. The van der Waals surface area contributed by atoms with Crippen molar-refractivity contribution < 1.29 is 14.3 Å². The Hall–Kier alpha value is -2.63. The van der Waals surface area contributed by atoms with Crippen molar-refractivity contribution in [3.05, 3.63) is 88.4 Å². The lowest BCUT2D eigenvalue weighted by Crippen LogP contribution is -2.27. The second kappa shape index (κ2) is 9.02. The number of carbonyl (C=O) groups excluding carboxylic acids is 1. The first kappa shape index (κ1) is 20.6. The number of rotatable bonds is 6. The maximum absolute atomic E-state index is 12.6. The summed E-state index contributed by atoms with van der Waals surface area (Å²) in [5.41, 5.74) is 4.13. The number of benzene rings is 3. The average Bonchev–Trinajstić information content (AvgIpc) is 3.15. The Morgan fingerprint density at radius 2 is 1.77 bits per heavy atom. The molecule has 1 aliphatic rings. The zero-order chi connectivity index (χ0) is 21.1. The van der Waals surface area contributed by atoms with Gasteiger partial charge in [0, 0.05) is 10.7 Å². The number of methoxy groups -OCH3 is 1. The molecule has 0 bridgehead atoms. The minimum absolute atomic E-state index is 0.0750. The number of hydrogen-bond donors (Lipinski definition) is 0. The van der Waals surface area contributed by atoms with Gasteiger partial charge in [0.15, 0.2) is 11.5 Å². The Morgan fingerprint density at radius 1 is 1.03 bits per heavy atom. The first-order valence-electron chi connectivity index (χ1n) is 9.60. The zero-order valence-corrected chi connectivity index (χ0v) is 18.4. The molecule has 0 aromatic heterocycles. The summed E-state index contributed by atoms with van der Waals surface area (Å²) >= 11 is 7.60. The van der Waals surface area contributed by atoms with Crippen molar-refractivity contribution in [1.29, 1.82) is 0 Å². The summed E-state index contributed by atoms with van der Waals surface area (Å²) < 4.78 is 11.6. The molecule has 1 heterocycles. The topological polar surface area (TPSA) is 38.8 Å². The lowest BCUT2D eigenvalue weighted by atomic mass is 10.1. The minimum atomic E-state index is -0.126. The molecule has 4 nitrogen and oxygen atoms in total. The summed E-state index contributed by atoms with van der Waals surface area (Å²) in [5, 5.41) is 0.519. The second-order valence-corrected chi connectivity index (χ2v) is 8.59. The van der Waals surface area contributed by atoms with E-state index in [9.17, 15) is 4.79 Å². The minimum Gasteiger partial charge on any atom is -0.493 e. The molecule has 0 radical (unpaired) electrons. The summed E-state index contributed by atoms with van der Waals surface area (Å²) in [6, 6.07) is 21.4. The van der Waals surface area contributed by atoms with Gasteiger partial charge in [0.25, 0.3) is 0 Å². The Kier molecular flexibility index (Phi) is 6.21. The molecule has 154 valence electrons. The zero-order valence-electron chi connectivity index (χ0n) is 16.8. The van der Waals surface area contributed by atoms with Gasteiger partial charge in [0.05, 0.1) is 12.9 Å². The third-order valence-corrected chi connectivity index (χ3v) is 6.42. The Labute approximate surface area is 185 Å². The van der Waals surface area contributed by atoms with Crippen LogP contribution in [0.25, 0.3) is 0 Å². The fourth-order valence-electron chi connectivity index (χ4n) is 3.35. The Morgan fingerprint density at radius 3 is 2.47 bits per heavy atom. The van der Waals surface area contributed by atoms with Gasteiger partial charge in [-0.25, -0.2) is 0 Å². The molecule has 30 heavy (non-hydrogen) atoms. The molecule has 0 unspecified atom stereocenters. The van der Waals surface area contributed by atoms with E-state index in [0.717, 1.165) is 16.8 Å². The summed E-state index contributed by atoms with van der Waals surface area (Å²) in [7, 11) is 1.63. The van der Waals surface area contributed by atoms with Crippen LogP contribution >= 0.6 is 23.4 Å². The smallest absolute Gasteiger partial charge is 0.238 e. The van der Waals surface area contributed by atoms with Gasteiger partial charge in [-0.2, -0.15) is 0 Å². The standard InChI is InChI=1S/C24H22ClNO3S/c1-16-3-5-17(6-4-16)14-29-21-12-7-18(13-22(21)28-2)24-26(23(27)15-30-24)20-10-8-19(25)9-11-20/h3-13,24H,14-15H2,1-2H3/t24-/m1/s1. The van der Waals surface area contributed by atoms with Gasteiger partial charge >= 0.3 is 0 Å². The summed E-state index contributed by atoms with van der Waals surface area (Å²) in [6.45, 7) is 2.52. The van der Waals surface area contributed by atoms with Crippen LogP contribution in [0, 0.1) is 6.92 Å². The van der Waals surface area contributed by atoms with Gasteiger partial charge in [-0.1, -0.05) is 47.5 Å². The summed E-state index contributed by atoms with van der Waals surface area (Å²) in [6.07, 6.45) is 0. The Balaban J connectivity index is 1.56. The molecule has 3 aromatic rings. The van der Waals surface area contributed by atoms with Gasteiger partial charge in [0.2, 0.25) is 5.91 Å². The number of hydrogen-bond acceptors (Lipinski definition) is 4. The van der Waals surface area contributed by atoms with Crippen LogP contribution in [0.3, 0.4) is 0 Å². The number of aryl methyl sites for hydroxylation is 1. The molecule has 4 rings (SSSR count). The van der Waals surface area contributed by atoms with Crippen LogP contribution in [0.4, 0.5) is 5.69 Å². The van der Waals surface area contributed by atoms with E-state index in [1.165, 1.54) is 5.56 Å². The van der Waals surface area contributed by atoms with E-state index in [-0.39, 0.29) is 11.3 Å². The quantitative estimate of drug-likeness (QED) is 0.471. The van der Waals surface area contributed by atoms with E-state index in [1.807, 2.05) is 35.2 Å². The van der Waals surface area contributed by atoms with Crippen LogP contribution < -0.4 is 14.4 Å². The first-order valence-corrected chi connectivity index (χ1v) is 11.0.